The molecule has 0 aromatic heterocycles. The van der Waals surface area contributed by atoms with Gasteiger partial charge in [-0.05, 0) is 24.3 Å². The van der Waals surface area contributed by atoms with Gasteiger partial charge in [-0.25, -0.2) is 4.99 Å². The van der Waals surface area contributed by atoms with E-state index in [9.17, 15) is 4.79 Å². The lowest BCUT2D eigenvalue weighted by molar-refractivity contribution is -0.113. The van der Waals surface area contributed by atoms with Crippen molar-refractivity contribution in [3.05, 3.63) is 64.6 Å². The molecule has 0 atom stereocenters. The minimum absolute atomic E-state index is 0.237. The minimum Gasteiger partial charge on any atom is -0.497 e. The Hall–Kier alpha value is -2.53. The fourth-order valence-electron chi connectivity index (χ4n) is 2.21. The van der Waals surface area contributed by atoms with Crippen molar-refractivity contribution in [3.8, 4) is 11.5 Å². The van der Waals surface area contributed by atoms with Gasteiger partial charge in [0.2, 0.25) is 0 Å². The highest BCUT2D eigenvalue weighted by Crippen LogP contribution is 2.34. The van der Waals surface area contributed by atoms with Crippen LogP contribution in [0.25, 0.3) is 6.08 Å². The second kappa shape index (κ2) is 6.71. The van der Waals surface area contributed by atoms with Crippen LogP contribution in [0.5, 0.6) is 11.5 Å². The van der Waals surface area contributed by atoms with Gasteiger partial charge in [-0.3, -0.25) is 4.79 Å². The SMILES string of the molecule is COc1ccc(OC)c(/C=C2/SC(c3ccccc3)=NC2=O)c1. The summed E-state index contributed by atoms with van der Waals surface area (Å²) >= 11 is 1.36. The summed E-state index contributed by atoms with van der Waals surface area (Å²) in [6.07, 6.45) is 1.79. The van der Waals surface area contributed by atoms with Crippen molar-refractivity contribution in [1.29, 1.82) is 0 Å². The quantitative estimate of drug-likeness (QED) is 0.803. The summed E-state index contributed by atoms with van der Waals surface area (Å²) in [4.78, 5) is 16.9. The Morgan fingerprint density at radius 2 is 1.83 bits per heavy atom. The molecule has 0 fully saturated rings. The molecule has 0 radical (unpaired) electrons. The number of ether oxygens (including phenoxy) is 2. The number of amides is 1. The highest BCUT2D eigenvalue weighted by Gasteiger charge is 2.23. The molecule has 0 bridgehead atoms. The molecular formula is C18H15NO3S. The molecule has 1 aliphatic rings. The zero-order valence-electron chi connectivity index (χ0n) is 12.8. The maximum atomic E-state index is 12.2. The maximum absolute atomic E-state index is 12.2. The number of methoxy groups -OCH3 is 2. The van der Waals surface area contributed by atoms with Gasteiger partial charge < -0.3 is 9.47 Å². The van der Waals surface area contributed by atoms with E-state index in [1.165, 1.54) is 11.8 Å². The van der Waals surface area contributed by atoms with Crippen LogP contribution < -0.4 is 9.47 Å². The molecule has 5 heteroatoms. The van der Waals surface area contributed by atoms with Crippen LogP contribution in [-0.4, -0.2) is 25.2 Å². The lowest BCUT2D eigenvalue weighted by Gasteiger charge is -2.07. The van der Waals surface area contributed by atoms with Gasteiger partial charge in [0.1, 0.15) is 16.5 Å². The first-order valence-corrected chi connectivity index (χ1v) is 7.83. The van der Waals surface area contributed by atoms with Gasteiger partial charge in [0.05, 0.1) is 19.1 Å². The van der Waals surface area contributed by atoms with E-state index in [1.54, 1.807) is 20.3 Å². The fraction of sp³-hybridized carbons (Fsp3) is 0.111. The number of carbonyl (C=O) groups excluding carboxylic acids is 1. The van der Waals surface area contributed by atoms with Gasteiger partial charge in [-0.2, -0.15) is 0 Å². The molecule has 0 aliphatic carbocycles. The molecule has 0 spiro atoms. The Bertz CT molecular complexity index is 797. The van der Waals surface area contributed by atoms with Gasteiger partial charge in [0.15, 0.2) is 0 Å². The van der Waals surface area contributed by atoms with Crippen LogP contribution in [-0.2, 0) is 4.79 Å². The largest absolute Gasteiger partial charge is 0.497 e. The van der Waals surface area contributed by atoms with E-state index in [2.05, 4.69) is 4.99 Å². The topological polar surface area (TPSA) is 47.9 Å². The van der Waals surface area contributed by atoms with Gasteiger partial charge >= 0.3 is 0 Å². The molecule has 0 saturated carbocycles. The molecule has 2 aromatic carbocycles. The number of thioether (sulfide) groups is 1. The lowest BCUT2D eigenvalue weighted by Crippen LogP contribution is -1.92. The average molecular weight is 325 g/mol. The van der Waals surface area contributed by atoms with E-state index in [4.69, 9.17) is 9.47 Å². The Morgan fingerprint density at radius 1 is 1.04 bits per heavy atom. The minimum atomic E-state index is -0.237. The average Bonchev–Trinajstić information content (AvgIpc) is 2.96. The zero-order valence-corrected chi connectivity index (χ0v) is 13.6. The second-order valence-electron chi connectivity index (χ2n) is 4.81. The first kappa shape index (κ1) is 15.4. The van der Waals surface area contributed by atoms with Gasteiger partial charge in [0, 0.05) is 11.1 Å². The second-order valence-corrected chi connectivity index (χ2v) is 5.84. The smallest absolute Gasteiger partial charge is 0.284 e. The Kier molecular flexibility index (Phi) is 4.48. The number of aliphatic imine (C=N–C) groups is 1. The summed E-state index contributed by atoms with van der Waals surface area (Å²) in [6.45, 7) is 0. The highest BCUT2D eigenvalue weighted by atomic mass is 32.2. The third-order valence-corrected chi connectivity index (χ3v) is 4.40. The molecular weight excluding hydrogens is 310 g/mol. The van der Waals surface area contributed by atoms with Crippen LogP contribution in [0.15, 0.2) is 58.4 Å². The van der Waals surface area contributed by atoms with Gasteiger partial charge in [-0.15, -0.1) is 0 Å². The van der Waals surface area contributed by atoms with E-state index < -0.39 is 0 Å². The standard InChI is InChI=1S/C18H15NO3S/c1-21-14-8-9-15(22-2)13(10-14)11-16-17(20)19-18(23-16)12-6-4-3-5-7-12/h3-11H,1-2H3/b16-11+. The van der Waals surface area contributed by atoms with Gasteiger partial charge in [-0.1, -0.05) is 42.1 Å². The summed E-state index contributed by atoms with van der Waals surface area (Å²) in [5.74, 6) is 1.15. The van der Waals surface area contributed by atoms with Crippen LogP contribution in [0.2, 0.25) is 0 Å². The molecule has 0 unspecified atom stereocenters. The van der Waals surface area contributed by atoms with Crippen molar-refractivity contribution >= 4 is 28.8 Å². The molecule has 23 heavy (non-hydrogen) atoms. The molecule has 1 aliphatic heterocycles. The van der Waals surface area contributed by atoms with Crippen molar-refractivity contribution < 1.29 is 14.3 Å². The summed E-state index contributed by atoms with van der Waals surface area (Å²) in [7, 11) is 3.20. The Labute approximate surface area is 138 Å². The number of benzene rings is 2. The summed E-state index contributed by atoms with van der Waals surface area (Å²) in [5.41, 5.74) is 1.72. The van der Waals surface area contributed by atoms with Crippen LogP contribution in [0, 0.1) is 0 Å². The number of nitrogens with zero attached hydrogens (tertiary/aromatic N) is 1. The third kappa shape index (κ3) is 3.29. The normalized spacial score (nSPS) is 15.7. The van der Waals surface area contributed by atoms with E-state index in [0.717, 1.165) is 11.1 Å². The first-order chi connectivity index (χ1) is 11.2. The molecule has 1 amide bonds. The monoisotopic (exact) mass is 325 g/mol. The van der Waals surface area contributed by atoms with Gasteiger partial charge in [0.25, 0.3) is 5.91 Å². The molecule has 1 heterocycles. The third-order valence-electron chi connectivity index (χ3n) is 3.36. The van der Waals surface area contributed by atoms with Crippen LogP contribution in [0.4, 0.5) is 0 Å². The van der Waals surface area contributed by atoms with Crippen molar-refractivity contribution in [2.24, 2.45) is 4.99 Å². The lowest BCUT2D eigenvalue weighted by atomic mass is 10.1. The van der Waals surface area contributed by atoms with Crippen LogP contribution in [0.3, 0.4) is 0 Å². The molecule has 4 nitrogen and oxygen atoms in total. The zero-order chi connectivity index (χ0) is 16.2. The van der Waals surface area contributed by atoms with Crippen molar-refractivity contribution in [2.75, 3.05) is 14.2 Å². The predicted molar refractivity (Wildman–Crippen MR) is 93.1 cm³/mol. The number of carbonyl (C=O) groups is 1. The Morgan fingerprint density at radius 3 is 2.52 bits per heavy atom. The van der Waals surface area contributed by atoms with E-state index >= 15 is 0 Å². The molecule has 3 rings (SSSR count). The Balaban J connectivity index is 1.92. The van der Waals surface area contributed by atoms with Crippen molar-refractivity contribution in [1.82, 2.24) is 0 Å². The molecule has 2 aromatic rings. The highest BCUT2D eigenvalue weighted by molar-refractivity contribution is 8.19. The number of rotatable bonds is 4. The number of hydrogen-bond donors (Lipinski definition) is 0. The predicted octanol–water partition coefficient (Wildman–Crippen LogP) is 3.76. The molecule has 0 saturated heterocycles. The fourth-order valence-corrected chi connectivity index (χ4v) is 3.12. The molecule has 0 N–H and O–H groups in total. The van der Waals surface area contributed by atoms with Crippen molar-refractivity contribution in [3.63, 3.8) is 0 Å². The summed E-state index contributed by atoms with van der Waals surface area (Å²) in [5, 5.41) is 0.712. The first-order valence-electron chi connectivity index (χ1n) is 7.01. The summed E-state index contributed by atoms with van der Waals surface area (Å²) in [6, 6.07) is 15.1. The maximum Gasteiger partial charge on any atom is 0.284 e. The van der Waals surface area contributed by atoms with Crippen LogP contribution >= 0.6 is 11.8 Å². The molecule has 116 valence electrons. The number of hydrogen-bond acceptors (Lipinski definition) is 4. The van der Waals surface area contributed by atoms with E-state index in [1.807, 2.05) is 48.5 Å². The van der Waals surface area contributed by atoms with Crippen LogP contribution in [0.1, 0.15) is 11.1 Å². The van der Waals surface area contributed by atoms with E-state index in [0.29, 0.717) is 21.4 Å². The van der Waals surface area contributed by atoms with E-state index in [-0.39, 0.29) is 5.91 Å². The van der Waals surface area contributed by atoms with Crippen molar-refractivity contribution in [2.45, 2.75) is 0 Å². The summed E-state index contributed by atoms with van der Waals surface area (Å²) < 4.78 is 10.6.